The lowest BCUT2D eigenvalue weighted by molar-refractivity contribution is -0.114. The van der Waals surface area contributed by atoms with Crippen molar-refractivity contribution in [3.05, 3.63) is 42.1 Å². The number of carbonyl (C=O) groups excluding carboxylic acids is 2. The summed E-state index contributed by atoms with van der Waals surface area (Å²) in [5, 5.41) is 6.10. The van der Waals surface area contributed by atoms with E-state index in [0.29, 0.717) is 5.69 Å². The highest BCUT2D eigenvalue weighted by Gasteiger charge is 2.43. The molecule has 2 N–H and O–H groups in total. The molecule has 4 heterocycles. The first-order valence-electron chi connectivity index (χ1n) is 9.97. The van der Waals surface area contributed by atoms with Gasteiger partial charge in [-0.3, -0.25) is 14.5 Å². The Morgan fingerprint density at radius 3 is 2.54 bits per heavy atom. The average Bonchev–Trinajstić information content (AvgIpc) is 3.03. The standard InChI is InChI=1S/C22H28N4O2/c1-15(27)23-18-6-4-5-17(13-18)19-7-8-20(25(19)3)21(28)24-22(2)14-16-9-11-26(22)12-10-16/h4-8,13,16H,9-12,14H2,1-3H3,(H,23,27)(H,24,28)/t22-/m0/s1. The van der Waals surface area contributed by atoms with Gasteiger partial charge < -0.3 is 15.2 Å². The summed E-state index contributed by atoms with van der Waals surface area (Å²) in [6.07, 6.45) is 3.50. The number of carbonyl (C=O) groups is 2. The van der Waals surface area contributed by atoms with Crippen LogP contribution in [0.5, 0.6) is 0 Å². The fraction of sp³-hybridized carbons (Fsp3) is 0.455. The summed E-state index contributed by atoms with van der Waals surface area (Å²) in [4.78, 5) is 26.8. The molecule has 0 saturated carbocycles. The molecule has 148 valence electrons. The number of amides is 2. The van der Waals surface area contributed by atoms with Gasteiger partial charge in [-0.25, -0.2) is 0 Å². The lowest BCUT2D eigenvalue weighted by atomic mass is 9.80. The normalized spacial score (nSPS) is 26.1. The Labute approximate surface area is 165 Å². The fourth-order valence-corrected chi connectivity index (χ4v) is 4.75. The lowest BCUT2D eigenvalue weighted by Crippen LogP contribution is -2.65. The van der Waals surface area contributed by atoms with Crippen LogP contribution >= 0.6 is 0 Å². The van der Waals surface area contributed by atoms with Crippen molar-refractivity contribution >= 4 is 17.5 Å². The smallest absolute Gasteiger partial charge is 0.269 e. The molecular weight excluding hydrogens is 352 g/mol. The molecule has 3 aliphatic heterocycles. The summed E-state index contributed by atoms with van der Waals surface area (Å²) in [5.41, 5.74) is 3.03. The Balaban J connectivity index is 1.55. The molecule has 3 saturated heterocycles. The van der Waals surface area contributed by atoms with E-state index in [1.807, 2.05) is 48.0 Å². The van der Waals surface area contributed by atoms with Gasteiger partial charge in [0.15, 0.2) is 0 Å². The molecule has 6 nitrogen and oxygen atoms in total. The predicted octanol–water partition coefficient (Wildman–Crippen LogP) is 3.21. The number of nitrogens with one attached hydrogen (secondary N) is 2. The van der Waals surface area contributed by atoms with Crippen LogP contribution in [-0.2, 0) is 11.8 Å². The summed E-state index contributed by atoms with van der Waals surface area (Å²) in [6.45, 7) is 5.77. The Bertz CT molecular complexity index is 911. The van der Waals surface area contributed by atoms with Gasteiger partial charge in [0, 0.05) is 44.0 Å². The quantitative estimate of drug-likeness (QED) is 0.856. The largest absolute Gasteiger partial charge is 0.340 e. The monoisotopic (exact) mass is 380 g/mol. The van der Waals surface area contributed by atoms with Gasteiger partial charge in [0.05, 0.1) is 5.66 Å². The van der Waals surface area contributed by atoms with E-state index in [-0.39, 0.29) is 17.5 Å². The number of hydrogen-bond acceptors (Lipinski definition) is 3. The number of aromatic nitrogens is 1. The first-order valence-corrected chi connectivity index (χ1v) is 9.97. The van der Waals surface area contributed by atoms with Gasteiger partial charge in [0.2, 0.25) is 5.91 Å². The van der Waals surface area contributed by atoms with Crippen LogP contribution in [0.3, 0.4) is 0 Å². The van der Waals surface area contributed by atoms with E-state index in [9.17, 15) is 9.59 Å². The van der Waals surface area contributed by atoms with Gasteiger partial charge in [-0.1, -0.05) is 12.1 Å². The Morgan fingerprint density at radius 2 is 1.89 bits per heavy atom. The van der Waals surface area contributed by atoms with Crippen molar-refractivity contribution in [2.24, 2.45) is 13.0 Å². The van der Waals surface area contributed by atoms with E-state index in [1.54, 1.807) is 0 Å². The number of nitrogens with zero attached hydrogens (tertiary/aromatic N) is 2. The summed E-state index contributed by atoms with van der Waals surface area (Å²) in [7, 11) is 1.91. The van der Waals surface area contributed by atoms with Crippen molar-refractivity contribution in [2.45, 2.75) is 38.8 Å². The summed E-state index contributed by atoms with van der Waals surface area (Å²) < 4.78 is 1.92. The average molecular weight is 380 g/mol. The summed E-state index contributed by atoms with van der Waals surface area (Å²) in [6, 6.07) is 11.5. The molecule has 0 spiro atoms. The Kier molecular flexibility index (Phi) is 4.75. The van der Waals surface area contributed by atoms with Crippen molar-refractivity contribution in [1.29, 1.82) is 0 Å². The van der Waals surface area contributed by atoms with E-state index < -0.39 is 0 Å². The van der Waals surface area contributed by atoms with E-state index in [4.69, 9.17) is 0 Å². The van der Waals surface area contributed by atoms with Crippen LogP contribution in [0.15, 0.2) is 36.4 Å². The maximum Gasteiger partial charge on any atom is 0.269 e. The van der Waals surface area contributed by atoms with Gasteiger partial charge in [-0.05, 0) is 56.4 Å². The topological polar surface area (TPSA) is 66.4 Å². The maximum atomic E-state index is 13.1. The van der Waals surface area contributed by atoms with E-state index in [1.165, 1.54) is 19.8 Å². The number of hydrogen-bond donors (Lipinski definition) is 2. The molecule has 2 aromatic rings. The molecule has 3 aliphatic rings. The van der Waals surface area contributed by atoms with E-state index in [0.717, 1.165) is 42.4 Å². The molecular formula is C22H28N4O2. The molecule has 1 aromatic heterocycles. The van der Waals surface area contributed by atoms with Gasteiger partial charge in [-0.15, -0.1) is 0 Å². The Hall–Kier alpha value is -2.60. The molecule has 3 fully saturated rings. The van der Waals surface area contributed by atoms with Crippen LogP contribution in [0.25, 0.3) is 11.3 Å². The molecule has 5 rings (SSSR count). The first kappa shape index (κ1) is 18.7. The molecule has 0 radical (unpaired) electrons. The zero-order valence-corrected chi connectivity index (χ0v) is 16.8. The number of rotatable bonds is 4. The van der Waals surface area contributed by atoms with Crippen molar-refractivity contribution in [3.63, 3.8) is 0 Å². The van der Waals surface area contributed by atoms with Crippen LogP contribution in [0.2, 0.25) is 0 Å². The zero-order valence-electron chi connectivity index (χ0n) is 16.8. The second-order valence-electron chi connectivity index (χ2n) is 8.29. The second kappa shape index (κ2) is 7.09. The minimum atomic E-state index is -0.256. The molecule has 0 aliphatic carbocycles. The number of fused-ring (bicyclic) bond motifs is 3. The van der Waals surface area contributed by atoms with Gasteiger partial charge in [0.25, 0.3) is 5.91 Å². The predicted molar refractivity (Wildman–Crippen MR) is 110 cm³/mol. The van der Waals surface area contributed by atoms with Gasteiger partial charge >= 0.3 is 0 Å². The van der Waals surface area contributed by atoms with Crippen molar-refractivity contribution < 1.29 is 9.59 Å². The Morgan fingerprint density at radius 1 is 1.14 bits per heavy atom. The number of benzene rings is 1. The third kappa shape index (κ3) is 3.44. The van der Waals surface area contributed by atoms with Crippen molar-refractivity contribution in [2.75, 3.05) is 18.4 Å². The van der Waals surface area contributed by atoms with Crippen LogP contribution in [0.1, 0.15) is 43.6 Å². The highest BCUT2D eigenvalue weighted by Crippen LogP contribution is 2.37. The van der Waals surface area contributed by atoms with Gasteiger partial charge in [0.1, 0.15) is 5.69 Å². The first-order chi connectivity index (χ1) is 13.4. The third-order valence-corrected chi connectivity index (χ3v) is 6.21. The van der Waals surface area contributed by atoms with E-state index in [2.05, 4.69) is 22.5 Å². The zero-order chi connectivity index (χ0) is 19.9. The maximum absolute atomic E-state index is 13.1. The number of piperidine rings is 3. The number of anilines is 1. The van der Waals surface area contributed by atoms with Crippen molar-refractivity contribution in [3.8, 4) is 11.3 Å². The minimum Gasteiger partial charge on any atom is -0.340 e. The second-order valence-corrected chi connectivity index (χ2v) is 8.29. The highest BCUT2D eigenvalue weighted by molar-refractivity contribution is 5.94. The minimum absolute atomic E-state index is 0.0400. The SMILES string of the molecule is CC(=O)Nc1cccc(-c2ccc(C(=O)N[C@]3(C)CC4CCN3CC4)n2C)c1. The fourth-order valence-electron chi connectivity index (χ4n) is 4.75. The van der Waals surface area contributed by atoms with Crippen LogP contribution < -0.4 is 10.6 Å². The molecule has 2 bridgehead atoms. The molecule has 6 heteroatoms. The van der Waals surface area contributed by atoms with Crippen LogP contribution in [-0.4, -0.2) is 40.0 Å². The highest BCUT2D eigenvalue weighted by atomic mass is 16.2. The lowest BCUT2D eigenvalue weighted by Gasteiger charge is -2.52. The summed E-state index contributed by atoms with van der Waals surface area (Å²) >= 11 is 0. The summed E-state index contributed by atoms with van der Waals surface area (Å²) in [5.74, 6) is 0.576. The van der Waals surface area contributed by atoms with E-state index >= 15 is 0 Å². The van der Waals surface area contributed by atoms with Gasteiger partial charge in [-0.2, -0.15) is 0 Å². The van der Waals surface area contributed by atoms with Crippen LogP contribution in [0, 0.1) is 5.92 Å². The molecule has 28 heavy (non-hydrogen) atoms. The molecule has 1 atom stereocenters. The molecule has 2 amide bonds. The van der Waals surface area contributed by atoms with Crippen LogP contribution in [0.4, 0.5) is 5.69 Å². The molecule has 1 aromatic carbocycles. The molecule has 0 unspecified atom stereocenters. The third-order valence-electron chi connectivity index (χ3n) is 6.21. The van der Waals surface area contributed by atoms with Crippen molar-refractivity contribution in [1.82, 2.24) is 14.8 Å².